The largest absolute Gasteiger partial charge is 0.493 e. The number of rotatable bonds is 2. The minimum absolute atomic E-state index is 0.374. The summed E-state index contributed by atoms with van der Waals surface area (Å²) in [5.74, 6) is 0.0898. The lowest BCUT2D eigenvalue weighted by Crippen LogP contribution is -2.09. The zero-order valence-electron chi connectivity index (χ0n) is 7.61. The molecule has 0 fully saturated rings. The third kappa shape index (κ3) is 1.12. The summed E-state index contributed by atoms with van der Waals surface area (Å²) in [6, 6.07) is 5.31. The number of benzene rings is 1. The summed E-state index contributed by atoms with van der Waals surface area (Å²) in [6.07, 6.45) is 1.34. The van der Waals surface area contributed by atoms with Gasteiger partial charge in [0, 0.05) is 5.39 Å². The zero-order chi connectivity index (χ0) is 10.1. The molecule has 1 aromatic carbocycles. The van der Waals surface area contributed by atoms with Gasteiger partial charge in [0.05, 0.1) is 12.7 Å². The van der Waals surface area contributed by atoms with E-state index in [9.17, 15) is 4.79 Å². The van der Waals surface area contributed by atoms with Crippen molar-refractivity contribution in [2.24, 2.45) is 5.73 Å². The lowest BCUT2D eigenvalue weighted by atomic mass is 10.1. The van der Waals surface area contributed by atoms with Crippen LogP contribution in [-0.2, 0) is 0 Å². The van der Waals surface area contributed by atoms with Crippen LogP contribution in [0.2, 0.25) is 0 Å². The van der Waals surface area contributed by atoms with E-state index >= 15 is 0 Å². The van der Waals surface area contributed by atoms with Crippen LogP contribution < -0.4 is 10.5 Å². The number of furan rings is 1. The number of fused-ring (bicyclic) bond motifs is 1. The number of primary amides is 1. The highest BCUT2D eigenvalue weighted by Gasteiger charge is 2.13. The van der Waals surface area contributed by atoms with Crippen molar-refractivity contribution in [3.05, 3.63) is 30.0 Å². The molecule has 72 valence electrons. The number of hydrogen-bond acceptors (Lipinski definition) is 3. The van der Waals surface area contributed by atoms with Crippen LogP contribution in [0.15, 0.2) is 28.9 Å². The van der Waals surface area contributed by atoms with E-state index in [2.05, 4.69) is 0 Å². The number of carbonyl (C=O) groups excluding carboxylic acids is 1. The maximum atomic E-state index is 11.0. The first-order valence-corrected chi connectivity index (χ1v) is 4.08. The van der Waals surface area contributed by atoms with E-state index in [1.54, 1.807) is 25.3 Å². The van der Waals surface area contributed by atoms with E-state index in [4.69, 9.17) is 14.9 Å². The third-order valence-corrected chi connectivity index (χ3v) is 2.05. The van der Waals surface area contributed by atoms with Crippen LogP contribution in [0.3, 0.4) is 0 Å². The smallest absolute Gasteiger partial charge is 0.252 e. The van der Waals surface area contributed by atoms with Gasteiger partial charge in [0.1, 0.15) is 6.26 Å². The molecule has 0 bridgehead atoms. The molecule has 1 aromatic heterocycles. The Morgan fingerprint density at radius 1 is 1.50 bits per heavy atom. The van der Waals surface area contributed by atoms with Gasteiger partial charge in [0.15, 0.2) is 11.3 Å². The summed E-state index contributed by atoms with van der Waals surface area (Å²) in [6.45, 7) is 0. The number of nitrogens with two attached hydrogens (primary N) is 1. The van der Waals surface area contributed by atoms with Gasteiger partial charge < -0.3 is 14.9 Å². The molecule has 2 N–H and O–H groups in total. The van der Waals surface area contributed by atoms with E-state index in [0.717, 1.165) is 0 Å². The third-order valence-electron chi connectivity index (χ3n) is 2.05. The molecular formula is C10H9NO3. The maximum absolute atomic E-state index is 11.0. The van der Waals surface area contributed by atoms with Crippen molar-refractivity contribution in [1.29, 1.82) is 0 Å². The van der Waals surface area contributed by atoms with E-state index in [0.29, 0.717) is 22.3 Å². The number of para-hydroxylation sites is 1. The van der Waals surface area contributed by atoms with Gasteiger partial charge in [-0.2, -0.15) is 0 Å². The Labute approximate surface area is 80.3 Å². The number of ether oxygens (including phenoxy) is 1. The molecule has 0 saturated heterocycles. The summed E-state index contributed by atoms with van der Waals surface area (Å²) in [5, 5.41) is 0.678. The van der Waals surface area contributed by atoms with Gasteiger partial charge in [-0.1, -0.05) is 12.1 Å². The summed E-state index contributed by atoms with van der Waals surface area (Å²) < 4.78 is 10.3. The second-order valence-electron chi connectivity index (χ2n) is 2.85. The fourth-order valence-electron chi connectivity index (χ4n) is 1.38. The molecule has 0 unspecified atom stereocenters. The standard InChI is InChI=1S/C10H9NO3/c1-13-8-4-2-3-6-7(10(11)12)5-14-9(6)8/h2-5H,1H3,(H2,11,12). The molecular weight excluding hydrogens is 182 g/mol. The average Bonchev–Trinajstić information content (AvgIpc) is 2.60. The maximum Gasteiger partial charge on any atom is 0.252 e. The van der Waals surface area contributed by atoms with Gasteiger partial charge in [0.25, 0.3) is 5.91 Å². The first-order chi connectivity index (χ1) is 6.74. The second-order valence-corrected chi connectivity index (χ2v) is 2.85. The monoisotopic (exact) mass is 191 g/mol. The van der Waals surface area contributed by atoms with Crippen LogP contribution in [0, 0.1) is 0 Å². The SMILES string of the molecule is COc1cccc2c(C(N)=O)coc12. The van der Waals surface area contributed by atoms with E-state index in [-0.39, 0.29) is 0 Å². The predicted molar refractivity (Wildman–Crippen MR) is 51.3 cm³/mol. The quantitative estimate of drug-likeness (QED) is 0.782. The van der Waals surface area contributed by atoms with Crippen LogP contribution in [0.25, 0.3) is 11.0 Å². The minimum Gasteiger partial charge on any atom is -0.493 e. The van der Waals surface area contributed by atoms with Crippen molar-refractivity contribution in [2.45, 2.75) is 0 Å². The lowest BCUT2D eigenvalue weighted by Gasteiger charge is -1.98. The molecule has 0 atom stereocenters. The predicted octanol–water partition coefficient (Wildman–Crippen LogP) is 1.54. The van der Waals surface area contributed by atoms with Crippen molar-refractivity contribution in [1.82, 2.24) is 0 Å². The molecule has 0 aliphatic carbocycles. The highest BCUT2D eigenvalue weighted by atomic mass is 16.5. The first kappa shape index (κ1) is 8.62. The molecule has 0 saturated carbocycles. The highest BCUT2D eigenvalue weighted by molar-refractivity contribution is 6.06. The molecule has 14 heavy (non-hydrogen) atoms. The minimum atomic E-state index is -0.503. The van der Waals surface area contributed by atoms with Gasteiger partial charge in [-0.25, -0.2) is 0 Å². The van der Waals surface area contributed by atoms with E-state index in [1.165, 1.54) is 6.26 Å². The Morgan fingerprint density at radius 2 is 2.29 bits per heavy atom. The molecule has 0 aliphatic rings. The molecule has 0 spiro atoms. The van der Waals surface area contributed by atoms with Crippen LogP contribution in [0.1, 0.15) is 10.4 Å². The van der Waals surface area contributed by atoms with E-state index < -0.39 is 5.91 Å². The number of hydrogen-bond donors (Lipinski definition) is 1. The van der Waals surface area contributed by atoms with Crippen molar-refractivity contribution in [3.63, 3.8) is 0 Å². The van der Waals surface area contributed by atoms with Crippen molar-refractivity contribution < 1.29 is 13.9 Å². The summed E-state index contributed by atoms with van der Waals surface area (Å²) in [5.41, 5.74) is 6.10. The molecule has 4 nitrogen and oxygen atoms in total. The van der Waals surface area contributed by atoms with Crippen molar-refractivity contribution >= 4 is 16.9 Å². The number of methoxy groups -OCH3 is 1. The van der Waals surface area contributed by atoms with Crippen LogP contribution in [0.5, 0.6) is 5.75 Å². The normalized spacial score (nSPS) is 10.4. The number of amides is 1. The highest BCUT2D eigenvalue weighted by Crippen LogP contribution is 2.28. The second kappa shape index (κ2) is 3.06. The molecule has 2 rings (SSSR count). The lowest BCUT2D eigenvalue weighted by molar-refractivity contribution is 0.100. The fourth-order valence-corrected chi connectivity index (χ4v) is 1.38. The Morgan fingerprint density at radius 3 is 2.93 bits per heavy atom. The number of carbonyl (C=O) groups is 1. The van der Waals surface area contributed by atoms with E-state index in [1.807, 2.05) is 0 Å². The Kier molecular flexibility index (Phi) is 1.89. The zero-order valence-corrected chi connectivity index (χ0v) is 7.61. The Balaban J connectivity index is 2.75. The van der Waals surface area contributed by atoms with Crippen LogP contribution in [-0.4, -0.2) is 13.0 Å². The van der Waals surface area contributed by atoms with Gasteiger partial charge in [-0.05, 0) is 6.07 Å². The Hall–Kier alpha value is -1.97. The first-order valence-electron chi connectivity index (χ1n) is 4.08. The van der Waals surface area contributed by atoms with Crippen molar-refractivity contribution in [2.75, 3.05) is 7.11 Å². The van der Waals surface area contributed by atoms with Gasteiger partial charge in [-0.3, -0.25) is 4.79 Å². The summed E-state index contributed by atoms with van der Waals surface area (Å²) in [4.78, 5) is 11.0. The summed E-state index contributed by atoms with van der Waals surface area (Å²) in [7, 11) is 1.54. The topological polar surface area (TPSA) is 65.5 Å². The molecule has 0 radical (unpaired) electrons. The molecule has 1 amide bonds. The van der Waals surface area contributed by atoms with Gasteiger partial charge in [-0.15, -0.1) is 0 Å². The molecule has 4 heteroatoms. The average molecular weight is 191 g/mol. The van der Waals surface area contributed by atoms with Gasteiger partial charge >= 0.3 is 0 Å². The summed E-state index contributed by atoms with van der Waals surface area (Å²) >= 11 is 0. The van der Waals surface area contributed by atoms with Gasteiger partial charge in [0.2, 0.25) is 0 Å². The Bertz CT molecular complexity index is 487. The molecule has 0 aliphatic heterocycles. The van der Waals surface area contributed by atoms with Crippen LogP contribution in [0.4, 0.5) is 0 Å². The molecule has 2 aromatic rings. The fraction of sp³-hybridized carbons (Fsp3) is 0.100. The molecule has 1 heterocycles. The van der Waals surface area contributed by atoms with Crippen LogP contribution >= 0.6 is 0 Å². The van der Waals surface area contributed by atoms with Crippen molar-refractivity contribution in [3.8, 4) is 5.75 Å².